The molecule has 24 heavy (non-hydrogen) atoms. The van der Waals surface area contributed by atoms with Gasteiger partial charge in [-0.15, -0.1) is 30.6 Å². The number of allylic oxidation sites excluding steroid dienone is 1. The number of aliphatic imine (C=N–C) groups is 1. The van der Waals surface area contributed by atoms with Crippen LogP contribution in [0.25, 0.3) is 0 Å². The van der Waals surface area contributed by atoms with Crippen LogP contribution in [0.2, 0.25) is 0 Å². The Balaban J connectivity index is 0.00000529. The number of nitrogens with one attached hydrogen (secondary N) is 1. The first-order valence-corrected chi connectivity index (χ1v) is 10.1. The van der Waals surface area contributed by atoms with Crippen LogP contribution in [0.1, 0.15) is 45.4 Å². The maximum absolute atomic E-state index is 5.52. The van der Waals surface area contributed by atoms with Crippen molar-refractivity contribution in [3.63, 3.8) is 0 Å². The van der Waals surface area contributed by atoms with Crippen LogP contribution >= 0.6 is 35.7 Å². The first-order chi connectivity index (χ1) is 11.2. The van der Waals surface area contributed by atoms with Gasteiger partial charge in [-0.1, -0.05) is 12.5 Å². The van der Waals surface area contributed by atoms with Gasteiger partial charge in [0.15, 0.2) is 5.96 Å². The highest BCUT2D eigenvalue weighted by molar-refractivity contribution is 14.0. The van der Waals surface area contributed by atoms with E-state index in [1.165, 1.54) is 19.3 Å². The van der Waals surface area contributed by atoms with Crippen molar-refractivity contribution in [2.45, 2.75) is 50.2 Å². The van der Waals surface area contributed by atoms with Gasteiger partial charge in [-0.3, -0.25) is 4.99 Å². The van der Waals surface area contributed by atoms with E-state index in [-0.39, 0.29) is 28.7 Å². The molecule has 1 saturated heterocycles. The molecule has 0 saturated carbocycles. The fraction of sp³-hybridized carbons (Fsp3) is 0.833. The van der Waals surface area contributed by atoms with E-state index in [1.807, 2.05) is 17.8 Å². The zero-order chi connectivity index (χ0) is 17.0. The van der Waals surface area contributed by atoms with Gasteiger partial charge in [-0.05, 0) is 45.3 Å². The molecule has 0 radical (unpaired) electrons. The summed E-state index contributed by atoms with van der Waals surface area (Å²) >= 11 is 1.95. The molecule has 0 amide bonds. The fourth-order valence-corrected chi connectivity index (χ4v) is 3.55. The zero-order valence-electron chi connectivity index (χ0n) is 15.7. The summed E-state index contributed by atoms with van der Waals surface area (Å²) in [6.45, 7) is 10.5. The van der Waals surface area contributed by atoms with Gasteiger partial charge in [0.2, 0.25) is 0 Å². The van der Waals surface area contributed by atoms with Gasteiger partial charge in [-0.2, -0.15) is 11.8 Å². The van der Waals surface area contributed by atoms with E-state index < -0.39 is 0 Å². The molecule has 142 valence electrons. The molecule has 1 fully saturated rings. The lowest BCUT2D eigenvalue weighted by Gasteiger charge is -2.34. The van der Waals surface area contributed by atoms with E-state index in [9.17, 15) is 0 Å². The molecule has 1 aliphatic heterocycles. The van der Waals surface area contributed by atoms with E-state index >= 15 is 0 Å². The molecule has 0 aromatic heterocycles. The number of halogens is 1. The fourth-order valence-electron chi connectivity index (χ4n) is 2.78. The van der Waals surface area contributed by atoms with Crippen molar-refractivity contribution in [2.75, 3.05) is 46.2 Å². The Morgan fingerprint density at radius 2 is 2.04 bits per heavy atom. The topological polar surface area (TPSA) is 36.9 Å². The third-order valence-corrected chi connectivity index (χ3v) is 5.86. The number of rotatable bonds is 10. The van der Waals surface area contributed by atoms with Gasteiger partial charge in [-0.25, -0.2) is 0 Å². The number of hydrogen-bond acceptors (Lipinski definition) is 3. The number of hydrogen-bond donors (Lipinski definition) is 1. The van der Waals surface area contributed by atoms with Crippen LogP contribution in [-0.4, -0.2) is 61.8 Å². The third kappa shape index (κ3) is 8.94. The summed E-state index contributed by atoms with van der Waals surface area (Å²) in [4.78, 5) is 7.20. The molecule has 1 rings (SSSR count). The van der Waals surface area contributed by atoms with Crippen molar-refractivity contribution in [3.05, 3.63) is 12.7 Å². The lowest BCUT2D eigenvalue weighted by Crippen LogP contribution is -2.42. The highest BCUT2D eigenvalue weighted by Crippen LogP contribution is 2.34. The molecule has 1 aliphatic rings. The van der Waals surface area contributed by atoms with Gasteiger partial charge in [0.05, 0.1) is 6.54 Å². The average molecular weight is 469 g/mol. The predicted molar refractivity (Wildman–Crippen MR) is 119 cm³/mol. The van der Waals surface area contributed by atoms with Crippen molar-refractivity contribution >= 4 is 41.7 Å². The number of nitrogens with zero attached hydrogens (tertiary/aromatic N) is 2. The van der Waals surface area contributed by atoms with Crippen LogP contribution in [0, 0.1) is 0 Å². The van der Waals surface area contributed by atoms with Crippen LogP contribution in [0.4, 0.5) is 0 Å². The molecule has 0 atom stereocenters. The van der Waals surface area contributed by atoms with E-state index in [2.05, 4.69) is 37.0 Å². The lowest BCUT2D eigenvalue weighted by molar-refractivity contribution is 0.0793. The minimum Gasteiger partial charge on any atom is -0.381 e. The molecule has 0 bridgehead atoms. The second-order valence-electron chi connectivity index (χ2n) is 6.23. The van der Waals surface area contributed by atoms with Crippen LogP contribution in [-0.2, 0) is 4.74 Å². The Morgan fingerprint density at radius 3 is 2.62 bits per heavy atom. The summed E-state index contributed by atoms with van der Waals surface area (Å²) in [5.41, 5.74) is 0. The molecule has 6 heteroatoms. The average Bonchev–Trinajstić information content (AvgIpc) is 2.59. The Bertz CT molecular complexity index is 360. The van der Waals surface area contributed by atoms with E-state index in [0.717, 1.165) is 58.1 Å². The Morgan fingerprint density at radius 1 is 1.33 bits per heavy atom. The number of unbranched alkanes of at least 4 members (excludes halogenated alkanes) is 3. The molecule has 0 unspecified atom stereocenters. The lowest BCUT2D eigenvalue weighted by atomic mass is 9.99. The second-order valence-corrected chi connectivity index (χ2v) is 7.50. The molecule has 0 aromatic rings. The maximum Gasteiger partial charge on any atom is 0.193 e. The summed E-state index contributed by atoms with van der Waals surface area (Å²) in [5.74, 6) is 1.04. The second kappa shape index (κ2) is 14.2. The van der Waals surface area contributed by atoms with Gasteiger partial charge in [0, 0.05) is 38.1 Å². The quantitative estimate of drug-likeness (QED) is 0.171. The number of guanidine groups is 1. The first-order valence-electron chi connectivity index (χ1n) is 8.90. The van der Waals surface area contributed by atoms with E-state index in [0.29, 0.717) is 0 Å². The summed E-state index contributed by atoms with van der Waals surface area (Å²) in [7, 11) is 2.14. The standard InChI is InChI=1S/C18H35N3OS.HI/c1-5-7-8-9-10-13-21(3)17(19-6-2)20-16-18(23-4)11-14-22-15-12-18;/h5H,1,6-16H2,2-4H3,(H,19,20);1H. The molecular formula is C18H36IN3OS. The number of thioether (sulfide) groups is 1. The predicted octanol–water partition coefficient (Wildman–Crippen LogP) is 4.16. The van der Waals surface area contributed by atoms with Crippen molar-refractivity contribution in [2.24, 2.45) is 4.99 Å². The maximum atomic E-state index is 5.52. The van der Waals surface area contributed by atoms with Gasteiger partial charge < -0.3 is 15.0 Å². The molecule has 1 heterocycles. The minimum absolute atomic E-state index is 0. The van der Waals surface area contributed by atoms with Crippen molar-refractivity contribution in [1.29, 1.82) is 0 Å². The zero-order valence-corrected chi connectivity index (χ0v) is 18.8. The summed E-state index contributed by atoms with van der Waals surface area (Å²) in [6, 6.07) is 0. The number of ether oxygens (including phenoxy) is 1. The Hall–Kier alpha value is 0.0500. The van der Waals surface area contributed by atoms with Crippen LogP contribution < -0.4 is 5.32 Å². The Labute approximate surface area is 170 Å². The summed E-state index contributed by atoms with van der Waals surface area (Å²) in [5, 5.41) is 3.43. The summed E-state index contributed by atoms with van der Waals surface area (Å²) in [6.07, 6.45) is 11.2. The van der Waals surface area contributed by atoms with Gasteiger partial charge >= 0.3 is 0 Å². The van der Waals surface area contributed by atoms with E-state index in [4.69, 9.17) is 9.73 Å². The molecular weight excluding hydrogens is 433 g/mol. The highest BCUT2D eigenvalue weighted by atomic mass is 127. The van der Waals surface area contributed by atoms with Gasteiger partial charge in [0.25, 0.3) is 0 Å². The molecule has 4 nitrogen and oxygen atoms in total. The SMILES string of the molecule is C=CCCCCCN(C)C(=NCC1(SC)CCOCC1)NCC.I. The molecule has 0 spiro atoms. The summed E-state index contributed by atoms with van der Waals surface area (Å²) < 4.78 is 5.77. The molecule has 0 aromatic carbocycles. The normalized spacial score (nSPS) is 17.0. The van der Waals surface area contributed by atoms with Crippen molar-refractivity contribution in [3.8, 4) is 0 Å². The van der Waals surface area contributed by atoms with E-state index in [1.54, 1.807) is 0 Å². The monoisotopic (exact) mass is 469 g/mol. The smallest absolute Gasteiger partial charge is 0.193 e. The minimum atomic E-state index is 0. The van der Waals surface area contributed by atoms with Crippen LogP contribution in [0.15, 0.2) is 17.6 Å². The van der Waals surface area contributed by atoms with Crippen LogP contribution in [0.5, 0.6) is 0 Å². The van der Waals surface area contributed by atoms with Gasteiger partial charge in [0.1, 0.15) is 0 Å². The highest BCUT2D eigenvalue weighted by Gasteiger charge is 2.31. The van der Waals surface area contributed by atoms with Crippen molar-refractivity contribution < 1.29 is 4.74 Å². The third-order valence-electron chi connectivity index (χ3n) is 4.45. The molecule has 0 aliphatic carbocycles. The van der Waals surface area contributed by atoms with Crippen LogP contribution in [0.3, 0.4) is 0 Å². The first kappa shape index (κ1) is 24.1. The largest absolute Gasteiger partial charge is 0.381 e. The van der Waals surface area contributed by atoms with Crippen molar-refractivity contribution in [1.82, 2.24) is 10.2 Å². The molecule has 1 N–H and O–H groups in total. The Kier molecular flexibility index (Phi) is 14.3.